The molecule has 0 aromatic heterocycles. The van der Waals surface area contributed by atoms with Crippen LogP contribution in [0.5, 0.6) is 0 Å². The first kappa shape index (κ1) is 9.43. The maximum Gasteiger partial charge on any atom is 0.219 e. The molecule has 0 aliphatic rings. The smallest absolute Gasteiger partial charge is 0.219 e. The molecule has 0 spiro atoms. The summed E-state index contributed by atoms with van der Waals surface area (Å²) in [5.74, 6) is 0.0600. The van der Waals surface area contributed by atoms with Gasteiger partial charge in [-0.1, -0.05) is 6.92 Å². The van der Waals surface area contributed by atoms with E-state index in [2.05, 4.69) is 5.32 Å². The fourth-order valence-electron chi connectivity index (χ4n) is 0.487. The maximum atomic E-state index is 10.8. The highest BCUT2D eigenvalue weighted by molar-refractivity contribution is 5.75. The van der Waals surface area contributed by atoms with Crippen molar-refractivity contribution in [3.63, 3.8) is 0 Å². The van der Waals surface area contributed by atoms with Crippen molar-refractivity contribution in [1.82, 2.24) is 5.32 Å². The first-order valence-corrected chi connectivity index (χ1v) is 3.62. The Labute approximate surface area is 62.0 Å². The van der Waals surface area contributed by atoms with Crippen molar-refractivity contribution in [2.45, 2.75) is 39.3 Å². The third-order valence-electron chi connectivity index (χ3n) is 1.50. The van der Waals surface area contributed by atoms with Gasteiger partial charge in [0.25, 0.3) is 0 Å². The Balaban J connectivity index is 3.57. The lowest BCUT2D eigenvalue weighted by atomic mass is 10.2. The number of nitrogens with two attached hydrogens (primary N) is 1. The molecule has 2 unspecified atom stereocenters. The van der Waals surface area contributed by atoms with Gasteiger partial charge in [-0.25, -0.2) is 0 Å². The van der Waals surface area contributed by atoms with Crippen LogP contribution in [-0.4, -0.2) is 18.0 Å². The van der Waals surface area contributed by atoms with Gasteiger partial charge < -0.3 is 11.1 Å². The Morgan fingerprint density at radius 2 is 2.10 bits per heavy atom. The van der Waals surface area contributed by atoms with Crippen LogP contribution in [0, 0.1) is 0 Å². The largest absolute Gasteiger partial charge is 0.352 e. The summed E-state index contributed by atoms with van der Waals surface area (Å²) in [7, 11) is 0. The van der Waals surface area contributed by atoms with Gasteiger partial charge in [0.15, 0.2) is 0 Å². The second-order valence-electron chi connectivity index (χ2n) is 2.57. The first-order chi connectivity index (χ1) is 4.57. The van der Waals surface area contributed by atoms with Gasteiger partial charge in [-0.3, -0.25) is 4.79 Å². The highest BCUT2D eigenvalue weighted by Crippen LogP contribution is 1.87. The van der Waals surface area contributed by atoms with Gasteiger partial charge in [0.2, 0.25) is 5.91 Å². The average Bonchev–Trinajstić information content (AvgIpc) is 1.87. The van der Waals surface area contributed by atoms with Crippen LogP contribution in [0.4, 0.5) is 0 Å². The quantitative estimate of drug-likeness (QED) is 0.596. The van der Waals surface area contributed by atoms with Crippen LogP contribution in [0.25, 0.3) is 0 Å². The van der Waals surface area contributed by atoms with Crippen molar-refractivity contribution < 1.29 is 4.79 Å². The van der Waals surface area contributed by atoms with Crippen molar-refractivity contribution in [3.8, 4) is 0 Å². The Morgan fingerprint density at radius 1 is 1.60 bits per heavy atom. The van der Waals surface area contributed by atoms with Crippen molar-refractivity contribution in [3.05, 3.63) is 0 Å². The normalized spacial score (nSPS) is 16.0. The molecular formula is C7H16N2O. The zero-order valence-electron chi connectivity index (χ0n) is 6.85. The molecule has 0 rings (SSSR count). The van der Waals surface area contributed by atoms with E-state index in [1.165, 1.54) is 0 Å². The van der Waals surface area contributed by atoms with Crippen LogP contribution in [0.15, 0.2) is 0 Å². The summed E-state index contributed by atoms with van der Waals surface area (Å²) in [4.78, 5) is 10.8. The van der Waals surface area contributed by atoms with Crippen LogP contribution >= 0.6 is 0 Å². The summed E-state index contributed by atoms with van der Waals surface area (Å²) in [6.07, 6.45) is 0.525. The highest BCUT2D eigenvalue weighted by atomic mass is 16.1. The fraction of sp³-hybridized carbons (Fsp3) is 0.857. The van der Waals surface area contributed by atoms with E-state index in [1.54, 1.807) is 0 Å². The Kier molecular flexibility index (Phi) is 4.03. The van der Waals surface area contributed by atoms with E-state index in [-0.39, 0.29) is 18.0 Å². The molecule has 3 N–H and O–H groups in total. The molecule has 0 aromatic rings. The molecule has 0 aliphatic carbocycles. The molecule has 60 valence electrons. The molecule has 10 heavy (non-hydrogen) atoms. The third-order valence-corrected chi connectivity index (χ3v) is 1.50. The molecular weight excluding hydrogens is 128 g/mol. The lowest BCUT2D eigenvalue weighted by Gasteiger charge is -2.16. The van der Waals surface area contributed by atoms with Gasteiger partial charge in [0.05, 0.1) is 0 Å². The van der Waals surface area contributed by atoms with Gasteiger partial charge >= 0.3 is 0 Å². The predicted molar refractivity (Wildman–Crippen MR) is 41.5 cm³/mol. The number of carbonyl (C=O) groups is 1. The predicted octanol–water partition coefficient (Wildman–Crippen LogP) is 0.248. The van der Waals surface area contributed by atoms with Gasteiger partial charge in [0.1, 0.15) is 0 Å². The van der Waals surface area contributed by atoms with Gasteiger partial charge in [-0.2, -0.15) is 0 Å². The van der Waals surface area contributed by atoms with Crippen LogP contribution < -0.4 is 11.1 Å². The van der Waals surface area contributed by atoms with Crippen LogP contribution in [0.1, 0.15) is 27.2 Å². The Hall–Kier alpha value is -0.570. The minimum absolute atomic E-state index is 0.0236. The first-order valence-electron chi connectivity index (χ1n) is 3.62. The van der Waals surface area contributed by atoms with Crippen molar-refractivity contribution in [2.24, 2.45) is 5.73 Å². The number of amides is 1. The minimum atomic E-state index is 0.0236. The van der Waals surface area contributed by atoms with E-state index in [1.807, 2.05) is 20.8 Å². The molecule has 0 saturated carbocycles. The van der Waals surface area contributed by atoms with Crippen molar-refractivity contribution >= 4 is 5.91 Å². The van der Waals surface area contributed by atoms with Crippen LogP contribution in [0.3, 0.4) is 0 Å². The van der Waals surface area contributed by atoms with Crippen LogP contribution in [-0.2, 0) is 4.79 Å². The van der Waals surface area contributed by atoms with E-state index in [9.17, 15) is 4.79 Å². The van der Waals surface area contributed by atoms with E-state index in [4.69, 9.17) is 5.73 Å². The number of nitrogens with one attached hydrogen (secondary N) is 1. The van der Waals surface area contributed by atoms with Crippen molar-refractivity contribution in [1.29, 1.82) is 0 Å². The molecule has 0 aromatic carbocycles. The minimum Gasteiger partial charge on any atom is -0.352 e. The molecule has 0 radical (unpaired) electrons. The molecule has 0 aliphatic heterocycles. The lowest BCUT2D eigenvalue weighted by molar-refractivity contribution is -0.121. The Morgan fingerprint density at radius 3 is 2.40 bits per heavy atom. The molecule has 0 fully saturated rings. The maximum absolute atomic E-state index is 10.8. The highest BCUT2D eigenvalue weighted by Gasteiger charge is 2.08. The average molecular weight is 144 g/mol. The van der Waals surface area contributed by atoms with Gasteiger partial charge in [0, 0.05) is 18.5 Å². The number of hydrogen-bond donors (Lipinski definition) is 2. The summed E-state index contributed by atoms with van der Waals surface area (Å²) in [6, 6.07) is 0.1000. The van der Waals surface area contributed by atoms with Crippen LogP contribution in [0.2, 0.25) is 0 Å². The van der Waals surface area contributed by atoms with Gasteiger partial charge in [-0.15, -0.1) is 0 Å². The second kappa shape index (κ2) is 4.28. The standard InChI is InChI=1S/C7H16N2O/c1-4-7(10)9-6(3)5(2)8/h5-6H,4,8H2,1-3H3,(H,9,10). The summed E-state index contributed by atoms with van der Waals surface area (Å²) >= 11 is 0. The van der Waals surface area contributed by atoms with E-state index in [0.29, 0.717) is 6.42 Å². The number of rotatable bonds is 3. The zero-order chi connectivity index (χ0) is 8.15. The molecule has 0 saturated heterocycles. The summed E-state index contributed by atoms with van der Waals surface area (Å²) < 4.78 is 0. The molecule has 2 atom stereocenters. The van der Waals surface area contributed by atoms with E-state index < -0.39 is 0 Å². The Bertz CT molecular complexity index is 112. The molecule has 0 bridgehead atoms. The van der Waals surface area contributed by atoms with E-state index >= 15 is 0 Å². The van der Waals surface area contributed by atoms with E-state index in [0.717, 1.165) is 0 Å². The topological polar surface area (TPSA) is 55.1 Å². The summed E-state index contributed by atoms with van der Waals surface area (Å²) in [5, 5.41) is 2.77. The fourth-order valence-corrected chi connectivity index (χ4v) is 0.487. The molecule has 0 heterocycles. The lowest BCUT2D eigenvalue weighted by Crippen LogP contribution is -2.43. The van der Waals surface area contributed by atoms with Gasteiger partial charge in [-0.05, 0) is 13.8 Å². The molecule has 3 nitrogen and oxygen atoms in total. The molecule has 3 heteroatoms. The number of hydrogen-bond acceptors (Lipinski definition) is 2. The second-order valence-corrected chi connectivity index (χ2v) is 2.57. The summed E-state index contributed by atoms with van der Waals surface area (Å²) in [5.41, 5.74) is 5.52. The van der Waals surface area contributed by atoms with Crippen molar-refractivity contribution in [2.75, 3.05) is 0 Å². The summed E-state index contributed by atoms with van der Waals surface area (Å²) in [6.45, 7) is 5.60. The molecule has 1 amide bonds. The zero-order valence-corrected chi connectivity index (χ0v) is 6.85. The third kappa shape index (κ3) is 3.45. The number of carbonyl (C=O) groups excluding carboxylic acids is 1. The SMILES string of the molecule is CCC(=O)NC(C)C(C)N. The monoisotopic (exact) mass is 144 g/mol.